The van der Waals surface area contributed by atoms with E-state index in [1.807, 2.05) is 0 Å². The SMILES string of the molecule is CCN(CC1COC(N)=N1)c1cccc(N2CCCCC2)c1. The van der Waals surface area contributed by atoms with Crippen molar-refractivity contribution in [1.82, 2.24) is 0 Å². The van der Waals surface area contributed by atoms with Gasteiger partial charge in [0.05, 0.1) is 0 Å². The van der Waals surface area contributed by atoms with E-state index in [1.54, 1.807) is 0 Å². The first kappa shape index (κ1) is 15.0. The van der Waals surface area contributed by atoms with Crippen molar-refractivity contribution in [2.75, 3.05) is 42.6 Å². The first-order valence-corrected chi connectivity index (χ1v) is 8.32. The lowest BCUT2D eigenvalue weighted by atomic mass is 10.1. The zero-order chi connectivity index (χ0) is 15.4. The van der Waals surface area contributed by atoms with Gasteiger partial charge in [-0.2, -0.15) is 0 Å². The molecule has 0 bridgehead atoms. The van der Waals surface area contributed by atoms with Gasteiger partial charge in [-0.15, -0.1) is 0 Å². The number of hydrogen-bond acceptors (Lipinski definition) is 5. The molecule has 0 amide bonds. The zero-order valence-electron chi connectivity index (χ0n) is 13.4. The Morgan fingerprint density at radius 3 is 2.82 bits per heavy atom. The Hall–Kier alpha value is -1.91. The third-order valence-corrected chi connectivity index (χ3v) is 4.46. The van der Waals surface area contributed by atoms with Crippen LogP contribution in [0.15, 0.2) is 29.3 Å². The molecular weight excluding hydrogens is 276 g/mol. The van der Waals surface area contributed by atoms with Gasteiger partial charge in [0.1, 0.15) is 12.6 Å². The number of aliphatic imine (C=N–C) groups is 1. The summed E-state index contributed by atoms with van der Waals surface area (Å²) in [5, 5.41) is 0. The van der Waals surface area contributed by atoms with Gasteiger partial charge in [0.15, 0.2) is 0 Å². The number of anilines is 2. The fourth-order valence-electron chi connectivity index (χ4n) is 3.24. The number of ether oxygens (including phenoxy) is 1. The summed E-state index contributed by atoms with van der Waals surface area (Å²) in [6.45, 7) is 6.92. The molecule has 3 rings (SSSR count). The van der Waals surface area contributed by atoms with Gasteiger partial charge in [-0.05, 0) is 44.4 Å². The monoisotopic (exact) mass is 302 g/mol. The summed E-state index contributed by atoms with van der Waals surface area (Å²) < 4.78 is 5.26. The standard InChI is InChI=1S/C17H26N4O/c1-2-20(12-14-13-22-17(18)19-14)15-7-6-8-16(11-15)21-9-4-3-5-10-21/h6-8,11,14H,2-5,9-10,12-13H2,1H3,(H2,18,19). The van der Waals surface area contributed by atoms with Gasteiger partial charge in [-0.25, -0.2) is 4.99 Å². The van der Waals surface area contributed by atoms with Crippen molar-refractivity contribution in [2.24, 2.45) is 10.7 Å². The molecule has 0 aliphatic carbocycles. The highest BCUT2D eigenvalue weighted by molar-refractivity contribution is 5.73. The van der Waals surface area contributed by atoms with Crippen molar-refractivity contribution in [3.8, 4) is 0 Å². The van der Waals surface area contributed by atoms with Crippen LogP contribution >= 0.6 is 0 Å². The smallest absolute Gasteiger partial charge is 0.282 e. The van der Waals surface area contributed by atoms with E-state index in [2.05, 4.69) is 46.0 Å². The molecule has 1 saturated heterocycles. The van der Waals surface area contributed by atoms with Crippen molar-refractivity contribution in [3.05, 3.63) is 24.3 Å². The van der Waals surface area contributed by atoms with Crippen LogP contribution in [0.2, 0.25) is 0 Å². The van der Waals surface area contributed by atoms with Crippen LogP contribution in [0.5, 0.6) is 0 Å². The molecule has 1 atom stereocenters. The number of hydrogen-bond donors (Lipinski definition) is 1. The zero-order valence-corrected chi connectivity index (χ0v) is 13.4. The summed E-state index contributed by atoms with van der Waals surface area (Å²) in [6.07, 6.45) is 3.96. The second kappa shape index (κ2) is 6.90. The minimum atomic E-state index is 0.138. The molecule has 1 fully saturated rings. The van der Waals surface area contributed by atoms with Crippen LogP contribution in [0.4, 0.5) is 11.4 Å². The average Bonchev–Trinajstić information content (AvgIpc) is 2.99. The summed E-state index contributed by atoms with van der Waals surface area (Å²) in [5.74, 6) is 0. The van der Waals surface area contributed by atoms with E-state index in [9.17, 15) is 0 Å². The van der Waals surface area contributed by atoms with Gasteiger partial charge in [-0.1, -0.05) is 6.07 Å². The van der Waals surface area contributed by atoms with Crippen LogP contribution in [0.1, 0.15) is 26.2 Å². The molecule has 1 aromatic rings. The van der Waals surface area contributed by atoms with E-state index in [-0.39, 0.29) is 6.04 Å². The Morgan fingerprint density at radius 1 is 1.32 bits per heavy atom. The second-order valence-corrected chi connectivity index (χ2v) is 6.04. The van der Waals surface area contributed by atoms with Crippen LogP contribution in [0.25, 0.3) is 0 Å². The van der Waals surface area contributed by atoms with E-state index >= 15 is 0 Å². The molecule has 5 nitrogen and oxygen atoms in total. The number of rotatable bonds is 5. The van der Waals surface area contributed by atoms with Crippen molar-refractivity contribution >= 4 is 17.4 Å². The van der Waals surface area contributed by atoms with E-state index in [0.717, 1.165) is 13.1 Å². The van der Waals surface area contributed by atoms with Crippen LogP contribution in [0, 0.1) is 0 Å². The largest absolute Gasteiger partial charge is 0.463 e. The molecular formula is C17H26N4O. The molecule has 5 heteroatoms. The van der Waals surface area contributed by atoms with Gasteiger partial charge in [0.25, 0.3) is 6.02 Å². The Morgan fingerprint density at radius 2 is 2.14 bits per heavy atom. The highest BCUT2D eigenvalue weighted by atomic mass is 16.5. The third kappa shape index (κ3) is 3.46. The maximum Gasteiger partial charge on any atom is 0.282 e. The Balaban J connectivity index is 1.71. The van der Waals surface area contributed by atoms with Crippen molar-refractivity contribution in [2.45, 2.75) is 32.2 Å². The maximum absolute atomic E-state index is 5.61. The van der Waals surface area contributed by atoms with Gasteiger partial charge in [-0.3, -0.25) is 0 Å². The normalized spacial score (nSPS) is 21.4. The summed E-state index contributed by atoms with van der Waals surface area (Å²) in [6, 6.07) is 9.32. The third-order valence-electron chi connectivity index (χ3n) is 4.46. The number of benzene rings is 1. The molecule has 0 spiro atoms. The molecule has 0 saturated carbocycles. The molecule has 2 aliphatic heterocycles. The summed E-state index contributed by atoms with van der Waals surface area (Å²) in [7, 11) is 0. The number of likely N-dealkylation sites (N-methyl/N-ethyl adjacent to an activating group) is 1. The highest BCUT2D eigenvalue weighted by Crippen LogP contribution is 2.25. The quantitative estimate of drug-likeness (QED) is 0.906. The van der Waals surface area contributed by atoms with Crippen LogP contribution < -0.4 is 15.5 Å². The highest BCUT2D eigenvalue weighted by Gasteiger charge is 2.20. The fourth-order valence-corrected chi connectivity index (χ4v) is 3.24. The van der Waals surface area contributed by atoms with Gasteiger partial charge in [0.2, 0.25) is 0 Å². The molecule has 2 N–H and O–H groups in total. The lowest BCUT2D eigenvalue weighted by Crippen LogP contribution is -2.33. The molecule has 120 valence electrons. The molecule has 0 radical (unpaired) electrons. The lowest BCUT2D eigenvalue weighted by molar-refractivity contribution is 0.313. The first-order chi connectivity index (χ1) is 10.8. The number of piperidine rings is 1. The predicted octanol–water partition coefficient (Wildman–Crippen LogP) is 2.22. The van der Waals surface area contributed by atoms with Crippen LogP contribution in [-0.2, 0) is 4.74 Å². The summed E-state index contributed by atoms with van der Waals surface area (Å²) >= 11 is 0. The maximum atomic E-state index is 5.61. The Labute approximate surface area is 132 Å². The molecule has 22 heavy (non-hydrogen) atoms. The number of amidine groups is 1. The fraction of sp³-hybridized carbons (Fsp3) is 0.588. The van der Waals surface area contributed by atoms with Crippen molar-refractivity contribution in [1.29, 1.82) is 0 Å². The predicted molar refractivity (Wildman–Crippen MR) is 91.8 cm³/mol. The van der Waals surface area contributed by atoms with Crippen LogP contribution in [-0.4, -0.2) is 44.8 Å². The van der Waals surface area contributed by atoms with Gasteiger partial charge < -0.3 is 20.3 Å². The van der Waals surface area contributed by atoms with E-state index < -0.39 is 0 Å². The number of nitrogens with zero attached hydrogens (tertiary/aromatic N) is 3. The topological polar surface area (TPSA) is 54.1 Å². The summed E-state index contributed by atoms with van der Waals surface area (Å²) in [5.41, 5.74) is 8.20. The van der Waals surface area contributed by atoms with Crippen molar-refractivity contribution < 1.29 is 4.74 Å². The second-order valence-electron chi connectivity index (χ2n) is 6.04. The molecule has 2 heterocycles. The first-order valence-electron chi connectivity index (χ1n) is 8.32. The van der Waals surface area contributed by atoms with E-state index in [0.29, 0.717) is 12.6 Å². The Bertz CT molecular complexity index is 525. The molecule has 1 aromatic carbocycles. The molecule has 2 aliphatic rings. The van der Waals surface area contributed by atoms with Crippen LogP contribution in [0.3, 0.4) is 0 Å². The van der Waals surface area contributed by atoms with Gasteiger partial charge in [0, 0.05) is 37.6 Å². The lowest BCUT2D eigenvalue weighted by Gasteiger charge is -2.31. The molecule has 0 aromatic heterocycles. The summed E-state index contributed by atoms with van der Waals surface area (Å²) in [4.78, 5) is 9.18. The van der Waals surface area contributed by atoms with Crippen molar-refractivity contribution in [3.63, 3.8) is 0 Å². The minimum absolute atomic E-state index is 0.138. The average molecular weight is 302 g/mol. The Kier molecular flexibility index (Phi) is 4.71. The van der Waals surface area contributed by atoms with E-state index in [4.69, 9.17) is 10.5 Å². The number of nitrogens with two attached hydrogens (primary N) is 1. The minimum Gasteiger partial charge on any atom is -0.463 e. The van der Waals surface area contributed by atoms with E-state index in [1.165, 1.54) is 43.7 Å². The molecule has 1 unspecified atom stereocenters. The van der Waals surface area contributed by atoms with Gasteiger partial charge >= 0.3 is 0 Å².